The molecular formula is C24H33N5OS2. The highest BCUT2D eigenvalue weighted by atomic mass is 32.2. The first-order chi connectivity index (χ1) is 15.7. The molecule has 6 nitrogen and oxygen atoms in total. The summed E-state index contributed by atoms with van der Waals surface area (Å²) in [5.74, 6) is 1.95. The van der Waals surface area contributed by atoms with Crippen LogP contribution in [-0.2, 0) is 30.6 Å². The molecule has 0 saturated heterocycles. The van der Waals surface area contributed by atoms with Crippen LogP contribution < -0.4 is 5.32 Å². The largest absolute Gasteiger partial charge is 0.316 e. The molecule has 2 aromatic heterocycles. The summed E-state index contributed by atoms with van der Waals surface area (Å²) in [7, 11) is 0. The third-order valence-electron chi connectivity index (χ3n) is 6.67. The molecule has 0 aromatic carbocycles. The second-order valence-electron chi connectivity index (χ2n) is 8.92. The van der Waals surface area contributed by atoms with E-state index in [1.54, 1.807) is 11.3 Å². The molecule has 1 N–H and O–H groups in total. The molecule has 2 aliphatic carbocycles. The average Bonchev–Trinajstić information content (AvgIpc) is 3.32. The van der Waals surface area contributed by atoms with E-state index in [0.29, 0.717) is 11.5 Å². The highest BCUT2D eigenvalue weighted by molar-refractivity contribution is 7.99. The molecule has 2 aliphatic rings. The number of carbonyl (C=O) groups excluding carboxylic acids is 1. The molecule has 0 atom stereocenters. The fourth-order valence-corrected chi connectivity index (χ4v) is 7.04. The summed E-state index contributed by atoms with van der Waals surface area (Å²) < 4.78 is 2.16. The molecule has 0 aliphatic heterocycles. The summed E-state index contributed by atoms with van der Waals surface area (Å²) in [6.45, 7) is 2.92. The van der Waals surface area contributed by atoms with Gasteiger partial charge in [0.2, 0.25) is 5.91 Å². The number of aryl methyl sites for hydroxylation is 1. The number of aromatic nitrogens is 3. The smallest absolute Gasteiger partial charge is 0.235 e. The molecule has 1 amide bonds. The van der Waals surface area contributed by atoms with Gasteiger partial charge >= 0.3 is 0 Å². The number of nitrogens with one attached hydrogen (secondary N) is 1. The lowest BCUT2D eigenvalue weighted by molar-refractivity contribution is -0.113. The van der Waals surface area contributed by atoms with Crippen molar-refractivity contribution in [2.75, 3.05) is 11.1 Å². The van der Waals surface area contributed by atoms with E-state index in [0.717, 1.165) is 54.6 Å². The van der Waals surface area contributed by atoms with E-state index >= 15 is 0 Å². The Morgan fingerprint density at radius 2 is 1.91 bits per heavy atom. The zero-order valence-corrected chi connectivity index (χ0v) is 20.6. The van der Waals surface area contributed by atoms with E-state index < -0.39 is 0 Å². The van der Waals surface area contributed by atoms with Crippen molar-refractivity contribution in [2.45, 2.75) is 95.7 Å². The number of nitriles is 1. The number of hydrogen-bond acceptors (Lipinski definition) is 6. The van der Waals surface area contributed by atoms with Crippen molar-refractivity contribution >= 4 is 34.0 Å². The van der Waals surface area contributed by atoms with Crippen molar-refractivity contribution in [3.05, 3.63) is 21.8 Å². The lowest BCUT2D eigenvalue weighted by Crippen LogP contribution is -2.15. The van der Waals surface area contributed by atoms with Crippen LogP contribution in [0.25, 0.3) is 0 Å². The molecule has 0 spiro atoms. The predicted molar refractivity (Wildman–Crippen MR) is 130 cm³/mol. The third-order valence-corrected chi connectivity index (χ3v) is 8.85. The summed E-state index contributed by atoms with van der Waals surface area (Å²) in [6, 6.07) is 2.35. The molecule has 8 heteroatoms. The molecule has 4 rings (SSSR count). The van der Waals surface area contributed by atoms with Gasteiger partial charge < -0.3 is 9.88 Å². The number of nitrogens with zero attached hydrogens (tertiary/aromatic N) is 4. The molecule has 1 fully saturated rings. The van der Waals surface area contributed by atoms with Gasteiger partial charge in [0.25, 0.3) is 0 Å². The Morgan fingerprint density at radius 1 is 1.16 bits per heavy atom. The summed E-state index contributed by atoms with van der Waals surface area (Å²) >= 11 is 3.03. The zero-order chi connectivity index (χ0) is 22.3. The van der Waals surface area contributed by atoms with Crippen LogP contribution >= 0.6 is 23.1 Å². The first-order valence-electron chi connectivity index (χ1n) is 12.1. The molecule has 0 unspecified atom stereocenters. The molecule has 32 heavy (non-hydrogen) atoms. The predicted octanol–water partition coefficient (Wildman–Crippen LogP) is 5.74. The average molecular weight is 472 g/mol. The molecule has 1 saturated carbocycles. The Hall–Kier alpha value is -1.85. The highest BCUT2D eigenvalue weighted by Crippen LogP contribution is 2.36. The van der Waals surface area contributed by atoms with E-state index in [2.05, 4.69) is 33.1 Å². The van der Waals surface area contributed by atoms with Crippen LogP contribution in [0.2, 0.25) is 0 Å². The zero-order valence-electron chi connectivity index (χ0n) is 19.0. The van der Waals surface area contributed by atoms with Gasteiger partial charge in [0, 0.05) is 17.8 Å². The van der Waals surface area contributed by atoms with Gasteiger partial charge in [-0.25, -0.2) is 0 Å². The van der Waals surface area contributed by atoms with E-state index in [4.69, 9.17) is 0 Å². The van der Waals surface area contributed by atoms with Crippen molar-refractivity contribution in [2.24, 2.45) is 5.92 Å². The number of thioether (sulfide) groups is 1. The van der Waals surface area contributed by atoms with Gasteiger partial charge in [-0.05, 0) is 44.1 Å². The number of carbonyl (C=O) groups is 1. The molecule has 172 valence electrons. The fourth-order valence-electron chi connectivity index (χ4n) is 4.96. The minimum absolute atomic E-state index is 0.0831. The SMILES string of the molecule is CCn1c(CC2CCCCC2)nnc1SCC(=O)Nc1sc2c(c1C#N)CCCCCC2. The molecule has 0 bridgehead atoms. The van der Waals surface area contributed by atoms with Crippen LogP contribution in [-0.4, -0.2) is 26.4 Å². The van der Waals surface area contributed by atoms with Crippen LogP contribution in [0.1, 0.15) is 86.5 Å². The molecule has 2 aromatic rings. The number of fused-ring (bicyclic) bond motifs is 1. The van der Waals surface area contributed by atoms with Crippen LogP contribution in [0, 0.1) is 17.2 Å². The van der Waals surface area contributed by atoms with Crippen LogP contribution in [0.4, 0.5) is 5.00 Å². The summed E-state index contributed by atoms with van der Waals surface area (Å²) in [6.07, 6.45) is 14.3. The monoisotopic (exact) mass is 471 g/mol. The summed E-state index contributed by atoms with van der Waals surface area (Å²) in [5.41, 5.74) is 1.84. The maximum absolute atomic E-state index is 12.7. The quantitative estimate of drug-likeness (QED) is 0.520. The van der Waals surface area contributed by atoms with Crippen molar-refractivity contribution in [1.29, 1.82) is 5.26 Å². The number of anilines is 1. The number of thiophene rings is 1. The van der Waals surface area contributed by atoms with E-state index in [1.807, 2.05) is 0 Å². The first kappa shape index (κ1) is 23.3. The van der Waals surface area contributed by atoms with Crippen molar-refractivity contribution in [1.82, 2.24) is 14.8 Å². The highest BCUT2D eigenvalue weighted by Gasteiger charge is 2.22. The lowest BCUT2D eigenvalue weighted by Gasteiger charge is -2.21. The van der Waals surface area contributed by atoms with Gasteiger partial charge in [0.05, 0.1) is 11.3 Å². The van der Waals surface area contributed by atoms with Crippen molar-refractivity contribution in [3.63, 3.8) is 0 Å². The van der Waals surface area contributed by atoms with Gasteiger partial charge in [-0.3, -0.25) is 4.79 Å². The Balaban J connectivity index is 1.38. The van der Waals surface area contributed by atoms with E-state index in [-0.39, 0.29) is 11.7 Å². The topological polar surface area (TPSA) is 83.6 Å². The maximum atomic E-state index is 12.7. The Labute approximate surface area is 199 Å². The maximum Gasteiger partial charge on any atom is 0.235 e. The Bertz CT molecular complexity index is 968. The van der Waals surface area contributed by atoms with E-state index in [1.165, 1.54) is 67.1 Å². The van der Waals surface area contributed by atoms with Gasteiger partial charge in [-0.2, -0.15) is 5.26 Å². The number of rotatable bonds is 7. The number of amides is 1. The minimum atomic E-state index is -0.0831. The van der Waals surface area contributed by atoms with Crippen LogP contribution in [0.3, 0.4) is 0 Å². The van der Waals surface area contributed by atoms with Crippen LogP contribution in [0.5, 0.6) is 0 Å². The van der Waals surface area contributed by atoms with Gasteiger partial charge in [-0.15, -0.1) is 21.5 Å². The van der Waals surface area contributed by atoms with Gasteiger partial charge in [0.15, 0.2) is 5.16 Å². The summed E-state index contributed by atoms with van der Waals surface area (Å²) in [4.78, 5) is 14.0. The van der Waals surface area contributed by atoms with Gasteiger partial charge in [-0.1, -0.05) is 56.7 Å². The second-order valence-corrected chi connectivity index (χ2v) is 11.0. The van der Waals surface area contributed by atoms with E-state index in [9.17, 15) is 10.1 Å². The molecule has 0 radical (unpaired) electrons. The third kappa shape index (κ3) is 5.55. The first-order valence-corrected chi connectivity index (χ1v) is 13.9. The van der Waals surface area contributed by atoms with Crippen molar-refractivity contribution in [3.8, 4) is 6.07 Å². The molecular weight excluding hydrogens is 438 g/mol. The molecule has 2 heterocycles. The standard InChI is InChI=1S/C24H33N5OS2/c1-2-29-21(14-17-10-6-5-7-11-17)27-28-24(29)31-16-22(30)26-23-19(15-25)18-12-8-3-4-9-13-20(18)32-23/h17H,2-14,16H2,1H3,(H,26,30). The summed E-state index contributed by atoms with van der Waals surface area (Å²) in [5, 5.41) is 23.1. The van der Waals surface area contributed by atoms with Crippen LogP contribution in [0.15, 0.2) is 5.16 Å². The van der Waals surface area contributed by atoms with Crippen molar-refractivity contribution < 1.29 is 4.79 Å². The van der Waals surface area contributed by atoms with Gasteiger partial charge in [0.1, 0.15) is 16.9 Å². The Kier molecular flexibility index (Phi) is 8.26. The minimum Gasteiger partial charge on any atom is -0.316 e. The second kappa shape index (κ2) is 11.3. The normalized spacial score (nSPS) is 17.2. The fraction of sp³-hybridized carbons (Fsp3) is 0.667. The lowest BCUT2D eigenvalue weighted by atomic mass is 9.87. The number of hydrogen-bond donors (Lipinski definition) is 1. The Morgan fingerprint density at radius 3 is 2.66 bits per heavy atom.